The van der Waals surface area contributed by atoms with Crippen LogP contribution in [0, 0.1) is 0 Å². The average molecular weight is 353 g/mol. The molecule has 0 fully saturated rings. The Morgan fingerprint density at radius 2 is 1.26 bits per heavy atom. The van der Waals surface area contributed by atoms with Crippen molar-refractivity contribution in [3.63, 3.8) is 0 Å². The molecule has 0 saturated carbocycles. The number of nitrogens with zero attached hydrogens (tertiary/aromatic N) is 3. The molecule has 27 heavy (non-hydrogen) atoms. The van der Waals surface area contributed by atoms with Gasteiger partial charge in [-0.2, -0.15) is 0 Å². The Bertz CT molecular complexity index is 1020. The molecule has 5 heteroatoms. The summed E-state index contributed by atoms with van der Waals surface area (Å²) in [4.78, 5) is 24.2. The first-order valence-corrected chi connectivity index (χ1v) is 8.37. The van der Waals surface area contributed by atoms with Crippen molar-refractivity contribution < 1.29 is 9.90 Å². The van der Waals surface area contributed by atoms with E-state index in [1.165, 1.54) is 0 Å². The average Bonchev–Trinajstić information content (AvgIpc) is 2.75. The molecule has 0 amide bonds. The van der Waals surface area contributed by atoms with Crippen molar-refractivity contribution in [2.45, 2.75) is 0 Å². The summed E-state index contributed by atoms with van der Waals surface area (Å²) in [5.41, 5.74) is 5.52. The lowest BCUT2D eigenvalue weighted by molar-refractivity contribution is 0.0697. The molecule has 0 aliphatic heterocycles. The van der Waals surface area contributed by atoms with Crippen LogP contribution in [0.3, 0.4) is 0 Å². The molecule has 130 valence electrons. The van der Waals surface area contributed by atoms with Crippen molar-refractivity contribution >= 4 is 5.97 Å². The highest BCUT2D eigenvalue weighted by molar-refractivity contribution is 5.88. The molecule has 5 nitrogen and oxygen atoms in total. The zero-order valence-corrected chi connectivity index (χ0v) is 14.3. The SMILES string of the molecule is O=C(O)c1ccc(-c2cc(-c3cccnc3)nc(-c3cccnc3)c2)cc1. The summed E-state index contributed by atoms with van der Waals surface area (Å²) in [7, 11) is 0. The number of hydrogen-bond acceptors (Lipinski definition) is 4. The van der Waals surface area contributed by atoms with Crippen molar-refractivity contribution in [1.29, 1.82) is 0 Å². The third-order valence-corrected chi connectivity index (χ3v) is 4.21. The van der Waals surface area contributed by atoms with Crippen LogP contribution >= 0.6 is 0 Å². The van der Waals surface area contributed by atoms with E-state index in [9.17, 15) is 4.79 Å². The Balaban J connectivity index is 1.86. The van der Waals surface area contributed by atoms with Crippen LogP contribution in [-0.2, 0) is 0 Å². The largest absolute Gasteiger partial charge is 0.478 e. The third kappa shape index (κ3) is 3.57. The van der Waals surface area contributed by atoms with Gasteiger partial charge in [0.05, 0.1) is 17.0 Å². The molecular weight excluding hydrogens is 338 g/mol. The van der Waals surface area contributed by atoms with Gasteiger partial charge in [0.1, 0.15) is 0 Å². The third-order valence-electron chi connectivity index (χ3n) is 4.21. The van der Waals surface area contributed by atoms with E-state index < -0.39 is 5.97 Å². The molecule has 0 aliphatic rings. The quantitative estimate of drug-likeness (QED) is 0.581. The minimum absolute atomic E-state index is 0.257. The Kier molecular flexibility index (Phi) is 4.41. The van der Waals surface area contributed by atoms with E-state index in [1.54, 1.807) is 49.1 Å². The normalized spacial score (nSPS) is 10.5. The maximum absolute atomic E-state index is 11.1. The summed E-state index contributed by atoms with van der Waals surface area (Å²) in [6, 6.07) is 18.4. The second-order valence-electron chi connectivity index (χ2n) is 5.99. The number of pyridine rings is 3. The van der Waals surface area contributed by atoms with Gasteiger partial charge in [-0.3, -0.25) is 9.97 Å². The molecule has 4 aromatic rings. The molecular formula is C22H15N3O2. The number of rotatable bonds is 4. The molecule has 0 unspecified atom stereocenters. The van der Waals surface area contributed by atoms with Crippen molar-refractivity contribution in [3.05, 3.63) is 91.0 Å². The van der Waals surface area contributed by atoms with Gasteiger partial charge in [0.15, 0.2) is 0 Å². The van der Waals surface area contributed by atoms with Gasteiger partial charge in [-0.05, 0) is 59.7 Å². The van der Waals surface area contributed by atoms with Crippen molar-refractivity contribution in [1.82, 2.24) is 15.0 Å². The number of benzene rings is 1. The van der Waals surface area contributed by atoms with E-state index in [2.05, 4.69) is 9.97 Å². The highest BCUT2D eigenvalue weighted by atomic mass is 16.4. The number of carbonyl (C=O) groups is 1. The predicted molar refractivity (Wildman–Crippen MR) is 103 cm³/mol. The first-order valence-electron chi connectivity index (χ1n) is 8.37. The lowest BCUT2D eigenvalue weighted by atomic mass is 10.00. The second kappa shape index (κ2) is 7.17. The first kappa shape index (κ1) is 16.6. The van der Waals surface area contributed by atoms with Gasteiger partial charge >= 0.3 is 5.97 Å². The molecule has 4 rings (SSSR count). The fourth-order valence-electron chi connectivity index (χ4n) is 2.83. The number of aromatic carboxylic acids is 1. The van der Waals surface area contributed by atoms with E-state index in [0.717, 1.165) is 33.6 Å². The Hall–Kier alpha value is -3.86. The van der Waals surface area contributed by atoms with Crippen LogP contribution in [0.25, 0.3) is 33.6 Å². The van der Waals surface area contributed by atoms with Gasteiger partial charge in [-0.1, -0.05) is 12.1 Å². The first-order chi connectivity index (χ1) is 13.2. The minimum atomic E-state index is -0.941. The Morgan fingerprint density at radius 3 is 1.70 bits per heavy atom. The molecule has 0 atom stereocenters. The van der Waals surface area contributed by atoms with Crippen LogP contribution < -0.4 is 0 Å². The molecule has 3 heterocycles. The van der Waals surface area contributed by atoms with Gasteiger partial charge in [0.25, 0.3) is 0 Å². The fraction of sp³-hybridized carbons (Fsp3) is 0. The maximum Gasteiger partial charge on any atom is 0.335 e. The van der Waals surface area contributed by atoms with Crippen LogP contribution in [0.4, 0.5) is 0 Å². The highest BCUT2D eigenvalue weighted by Crippen LogP contribution is 2.29. The molecule has 1 N–H and O–H groups in total. The smallest absolute Gasteiger partial charge is 0.335 e. The molecule has 0 aliphatic carbocycles. The zero-order chi connectivity index (χ0) is 18.6. The lowest BCUT2D eigenvalue weighted by Crippen LogP contribution is -1.95. The molecule has 0 spiro atoms. The number of aromatic nitrogens is 3. The summed E-state index contributed by atoms with van der Waals surface area (Å²) >= 11 is 0. The summed E-state index contributed by atoms with van der Waals surface area (Å²) in [5.74, 6) is -0.941. The predicted octanol–water partition coefficient (Wildman–Crippen LogP) is 4.57. The van der Waals surface area contributed by atoms with E-state index in [-0.39, 0.29) is 5.56 Å². The number of hydrogen-bond donors (Lipinski definition) is 1. The van der Waals surface area contributed by atoms with Crippen LogP contribution in [-0.4, -0.2) is 26.0 Å². The van der Waals surface area contributed by atoms with E-state index in [4.69, 9.17) is 10.1 Å². The molecule has 0 radical (unpaired) electrons. The molecule has 0 bridgehead atoms. The van der Waals surface area contributed by atoms with Crippen LogP contribution in [0.2, 0.25) is 0 Å². The number of carboxylic acid groups (broad SMARTS) is 1. The summed E-state index contributed by atoms with van der Waals surface area (Å²) < 4.78 is 0. The maximum atomic E-state index is 11.1. The van der Waals surface area contributed by atoms with E-state index in [0.29, 0.717) is 0 Å². The van der Waals surface area contributed by atoms with Crippen molar-refractivity contribution in [2.24, 2.45) is 0 Å². The van der Waals surface area contributed by atoms with Crippen LogP contribution in [0.15, 0.2) is 85.5 Å². The molecule has 3 aromatic heterocycles. The second-order valence-corrected chi connectivity index (χ2v) is 5.99. The zero-order valence-electron chi connectivity index (χ0n) is 14.3. The summed E-state index contributed by atoms with van der Waals surface area (Å²) in [6.45, 7) is 0. The monoisotopic (exact) mass is 353 g/mol. The Morgan fingerprint density at radius 1 is 0.704 bits per heavy atom. The topological polar surface area (TPSA) is 76.0 Å². The minimum Gasteiger partial charge on any atom is -0.478 e. The lowest BCUT2D eigenvalue weighted by Gasteiger charge is -2.10. The van der Waals surface area contributed by atoms with E-state index in [1.807, 2.05) is 36.4 Å². The van der Waals surface area contributed by atoms with Crippen LogP contribution in [0.1, 0.15) is 10.4 Å². The summed E-state index contributed by atoms with van der Waals surface area (Å²) in [6.07, 6.45) is 6.99. The number of carboxylic acids is 1. The van der Waals surface area contributed by atoms with Gasteiger partial charge < -0.3 is 5.11 Å². The van der Waals surface area contributed by atoms with Gasteiger partial charge in [0.2, 0.25) is 0 Å². The van der Waals surface area contributed by atoms with Gasteiger partial charge in [0, 0.05) is 35.9 Å². The fourth-order valence-corrected chi connectivity index (χ4v) is 2.83. The summed E-state index contributed by atoms with van der Waals surface area (Å²) in [5, 5.41) is 9.11. The molecule has 1 aromatic carbocycles. The van der Waals surface area contributed by atoms with Crippen LogP contribution in [0.5, 0.6) is 0 Å². The standard InChI is InChI=1S/C22H15N3O2/c26-22(27)16-7-5-15(6-8-16)19-11-20(17-3-1-9-23-13-17)25-21(12-19)18-4-2-10-24-14-18/h1-14H,(H,26,27). The van der Waals surface area contributed by atoms with Crippen molar-refractivity contribution in [2.75, 3.05) is 0 Å². The van der Waals surface area contributed by atoms with Gasteiger partial charge in [-0.25, -0.2) is 9.78 Å². The highest BCUT2D eigenvalue weighted by Gasteiger charge is 2.10. The van der Waals surface area contributed by atoms with Crippen molar-refractivity contribution in [3.8, 4) is 33.6 Å². The van der Waals surface area contributed by atoms with E-state index >= 15 is 0 Å². The molecule has 0 saturated heterocycles. The Labute approximate surface area is 156 Å². The van der Waals surface area contributed by atoms with Gasteiger partial charge in [-0.15, -0.1) is 0 Å².